The Kier molecular flexibility index (Phi) is 3.23. The highest BCUT2D eigenvalue weighted by molar-refractivity contribution is 9.10. The highest BCUT2D eigenvalue weighted by Gasteiger charge is 2.13. The van der Waals surface area contributed by atoms with Crippen molar-refractivity contribution in [1.82, 2.24) is 15.1 Å². The Morgan fingerprint density at radius 3 is 2.85 bits per heavy atom. The minimum absolute atomic E-state index is 0.455. The molecule has 0 saturated heterocycles. The van der Waals surface area contributed by atoms with Gasteiger partial charge >= 0.3 is 0 Å². The SMILES string of the molecule is Cc1cnccc1-c1noc(-c2ccc(N)c(Br)c2)n1. The fraction of sp³-hybridized carbons (Fsp3) is 0.0714. The van der Waals surface area contributed by atoms with Gasteiger partial charge in [-0.2, -0.15) is 4.98 Å². The monoisotopic (exact) mass is 330 g/mol. The number of rotatable bonds is 2. The second-order valence-corrected chi connectivity index (χ2v) is 5.20. The summed E-state index contributed by atoms with van der Waals surface area (Å²) in [5.41, 5.74) is 9.15. The molecule has 0 unspecified atom stereocenters. The lowest BCUT2D eigenvalue weighted by Crippen LogP contribution is -1.88. The molecule has 2 N–H and O–H groups in total. The molecule has 0 bridgehead atoms. The van der Waals surface area contributed by atoms with Crippen LogP contribution in [0.1, 0.15) is 5.56 Å². The smallest absolute Gasteiger partial charge is 0.258 e. The molecule has 0 aliphatic heterocycles. The third kappa shape index (κ3) is 2.30. The predicted octanol–water partition coefficient (Wildman–Crippen LogP) is 3.45. The highest BCUT2D eigenvalue weighted by atomic mass is 79.9. The van der Waals surface area contributed by atoms with Crippen LogP contribution >= 0.6 is 15.9 Å². The molecule has 0 atom stereocenters. The summed E-state index contributed by atoms with van der Waals surface area (Å²) in [6, 6.07) is 7.35. The maximum atomic E-state index is 5.76. The van der Waals surface area contributed by atoms with Crippen molar-refractivity contribution in [1.29, 1.82) is 0 Å². The predicted molar refractivity (Wildman–Crippen MR) is 79.8 cm³/mol. The van der Waals surface area contributed by atoms with Crippen LogP contribution in [0.3, 0.4) is 0 Å². The summed E-state index contributed by atoms with van der Waals surface area (Å²) in [6.45, 7) is 1.96. The largest absolute Gasteiger partial charge is 0.398 e. The van der Waals surface area contributed by atoms with Gasteiger partial charge in [-0.25, -0.2) is 0 Å². The number of anilines is 1. The molecule has 2 aromatic heterocycles. The average Bonchev–Trinajstić information content (AvgIpc) is 2.92. The van der Waals surface area contributed by atoms with E-state index in [1.54, 1.807) is 18.5 Å². The Bertz CT molecular complexity index is 769. The topological polar surface area (TPSA) is 77.8 Å². The van der Waals surface area contributed by atoms with Gasteiger partial charge in [-0.3, -0.25) is 4.98 Å². The molecular weight excluding hydrogens is 320 g/mol. The van der Waals surface area contributed by atoms with Gasteiger partial charge in [0, 0.05) is 33.7 Å². The van der Waals surface area contributed by atoms with Crippen molar-refractivity contribution in [2.75, 3.05) is 5.73 Å². The van der Waals surface area contributed by atoms with Crippen LogP contribution in [0.5, 0.6) is 0 Å². The van der Waals surface area contributed by atoms with Crippen molar-refractivity contribution in [3.63, 3.8) is 0 Å². The Balaban J connectivity index is 2.02. The molecule has 3 aromatic rings. The van der Waals surface area contributed by atoms with E-state index >= 15 is 0 Å². The van der Waals surface area contributed by atoms with Crippen molar-refractivity contribution in [3.05, 3.63) is 46.7 Å². The summed E-state index contributed by atoms with van der Waals surface area (Å²) >= 11 is 3.38. The number of nitrogens with zero attached hydrogens (tertiary/aromatic N) is 3. The second-order valence-electron chi connectivity index (χ2n) is 4.35. The fourth-order valence-electron chi connectivity index (χ4n) is 1.83. The van der Waals surface area contributed by atoms with Crippen molar-refractivity contribution in [2.24, 2.45) is 0 Å². The summed E-state index contributed by atoms with van der Waals surface area (Å²) < 4.78 is 6.11. The third-order valence-corrected chi connectivity index (χ3v) is 3.62. The van der Waals surface area contributed by atoms with Gasteiger partial charge in [0.1, 0.15) is 0 Å². The van der Waals surface area contributed by atoms with Crippen molar-refractivity contribution in [2.45, 2.75) is 6.92 Å². The van der Waals surface area contributed by atoms with E-state index in [4.69, 9.17) is 10.3 Å². The minimum Gasteiger partial charge on any atom is -0.398 e. The quantitative estimate of drug-likeness (QED) is 0.728. The van der Waals surface area contributed by atoms with E-state index in [0.717, 1.165) is 21.2 Å². The first-order valence-corrected chi connectivity index (χ1v) is 6.74. The van der Waals surface area contributed by atoms with E-state index in [-0.39, 0.29) is 0 Å². The molecule has 0 spiro atoms. The van der Waals surface area contributed by atoms with Crippen molar-refractivity contribution in [3.8, 4) is 22.8 Å². The molecular formula is C14H11BrN4O. The molecule has 2 heterocycles. The van der Waals surface area contributed by atoms with Crippen molar-refractivity contribution < 1.29 is 4.52 Å². The van der Waals surface area contributed by atoms with Crippen LogP contribution in [0.2, 0.25) is 0 Å². The number of nitrogens with two attached hydrogens (primary N) is 1. The lowest BCUT2D eigenvalue weighted by Gasteiger charge is -1.99. The first-order chi connectivity index (χ1) is 9.65. The van der Waals surface area contributed by atoms with Gasteiger partial charge in [0.25, 0.3) is 5.89 Å². The molecule has 1 aromatic carbocycles. The first-order valence-electron chi connectivity index (χ1n) is 5.95. The minimum atomic E-state index is 0.455. The van der Waals surface area contributed by atoms with Gasteiger partial charge in [-0.1, -0.05) is 5.16 Å². The van der Waals surface area contributed by atoms with E-state index < -0.39 is 0 Å². The van der Waals surface area contributed by atoms with Gasteiger partial charge < -0.3 is 10.3 Å². The van der Waals surface area contributed by atoms with Crippen LogP contribution in [-0.4, -0.2) is 15.1 Å². The Labute approximate surface area is 124 Å². The normalized spacial score (nSPS) is 10.7. The Morgan fingerprint density at radius 2 is 2.10 bits per heavy atom. The van der Waals surface area contributed by atoms with Gasteiger partial charge in [-0.05, 0) is 52.7 Å². The molecule has 0 amide bonds. The van der Waals surface area contributed by atoms with Crippen molar-refractivity contribution >= 4 is 21.6 Å². The molecule has 6 heteroatoms. The third-order valence-electron chi connectivity index (χ3n) is 2.93. The van der Waals surface area contributed by atoms with Crippen LogP contribution in [0.15, 0.2) is 45.7 Å². The number of benzene rings is 1. The molecule has 0 saturated carbocycles. The molecule has 0 aliphatic rings. The van der Waals surface area contributed by atoms with E-state index in [2.05, 4.69) is 31.1 Å². The maximum absolute atomic E-state index is 5.76. The Hall–Kier alpha value is -2.21. The number of pyridine rings is 1. The van der Waals surface area contributed by atoms with Crippen LogP contribution in [-0.2, 0) is 0 Å². The number of nitrogen functional groups attached to an aromatic ring is 1. The lowest BCUT2D eigenvalue weighted by atomic mass is 10.1. The van der Waals surface area contributed by atoms with Crippen LogP contribution in [0.25, 0.3) is 22.8 Å². The standard InChI is InChI=1S/C14H11BrN4O/c1-8-7-17-5-4-10(8)13-18-14(20-19-13)9-2-3-12(16)11(15)6-9/h2-7H,16H2,1H3. The van der Waals surface area contributed by atoms with Gasteiger partial charge in [0.05, 0.1) is 0 Å². The number of halogens is 1. The summed E-state index contributed by atoms with van der Waals surface area (Å²) in [4.78, 5) is 8.47. The number of hydrogen-bond donors (Lipinski definition) is 1. The zero-order chi connectivity index (χ0) is 14.1. The van der Waals surface area contributed by atoms with E-state index in [0.29, 0.717) is 17.4 Å². The summed E-state index contributed by atoms with van der Waals surface area (Å²) in [6.07, 6.45) is 3.48. The molecule has 0 aliphatic carbocycles. The molecule has 20 heavy (non-hydrogen) atoms. The van der Waals surface area contributed by atoms with Gasteiger partial charge in [0.2, 0.25) is 5.82 Å². The fourth-order valence-corrected chi connectivity index (χ4v) is 2.21. The molecule has 5 nitrogen and oxygen atoms in total. The van der Waals surface area contributed by atoms with Gasteiger partial charge in [-0.15, -0.1) is 0 Å². The summed E-state index contributed by atoms with van der Waals surface area (Å²) in [7, 11) is 0. The van der Waals surface area contributed by atoms with Gasteiger partial charge in [0.15, 0.2) is 0 Å². The number of aromatic nitrogens is 3. The van der Waals surface area contributed by atoms with Crippen LogP contribution in [0, 0.1) is 6.92 Å². The summed E-state index contributed by atoms with van der Waals surface area (Å²) in [5.74, 6) is 1.00. The summed E-state index contributed by atoms with van der Waals surface area (Å²) in [5, 5.41) is 4.02. The molecule has 0 radical (unpaired) electrons. The number of hydrogen-bond acceptors (Lipinski definition) is 5. The first kappa shape index (κ1) is 12.8. The lowest BCUT2D eigenvalue weighted by molar-refractivity contribution is 0.432. The van der Waals surface area contributed by atoms with E-state index in [1.807, 2.05) is 25.1 Å². The maximum Gasteiger partial charge on any atom is 0.258 e. The Morgan fingerprint density at radius 1 is 1.25 bits per heavy atom. The molecule has 100 valence electrons. The molecule has 0 fully saturated rings. The highest BCUT2D eigenvalue weighted by Crippen LogP contribution is 2.28. The molecule has 3 rings (SSSR count). The average molecular weight is 331 g/mol. The van der Waals surface area contributed by atoms with Crippen LogP contribution in [0.4, 0.5) is 5.69 Å². The van der Waals surface area contributed by atoms with Crippen LogP contribution < -0.4 is 5.73 Å². The number of aryl methyl sites for hydroxylation is 1. The zero-order valence-electron chi connectivity index (χ0n) is 10.7. The second kappa shape index (κ2) is 5.05. The van der Waals surface area contributed by atoms with E-state index in [9.17, 15) is 0 Å². The van der Waals surface area contributed by atoms with E-state index in [1.165, 1.54) is 0 Å². The zero-order valence-corrected chi connectivity index (χ0v) is 12.3.